The Labute approximate surface area is 130 Å². The van der Waals surface area contributed by atoms with Crippen LogP contribution in [-0.4, -0.2) is 55.8 Å². The van der Waals surface area contributed by atoms with Crippen LogP contribution in [-0.2, 0) is 10.2 Å². The summed E-state index contributed by atoms with van der Waals surface area (Å²) in [6.07, 6.45) is 6.28. The summed E-state index contributed by atoms with van der Waals surface area (Å²) in [5.74, 6) is 0.598. The Morgan fingerprint density at radius 1 is 1.05 bits per heavy atom. The number of piperidine rings is 2. The molecule has 0 bridgehead atoms. The van der Waals surface area contributed by atoms with Gasteiger partial charge in [0.15, 0.2) is 0 Å². The highest BCUT2D eigenvalue weighted by atomic mass is 32.2. The number of nitrogens with zero attached hydrogens (tertiary/aromatic N) is 2. The van der Waals surface area contributed by atoms with E-state index in [2.05, 4.69) is 19.2 Å². The molecule has 2 rings (SSSR count). The van der Waals surface area contributed by atoms with Gasteiger partial charge in [-0.25, -0.2) is 0 Å². The average molecular weight is 317 g/mol. The second kappa shape index (κ2) is 7.90. The van der Waals surface area contributed by atoms with Gasteiger partial charge in [-0.15, -0.1) is 0 Å². The van der Waals surface area contributed by atoms with Crippen LogP contribution >= 0.6 is 0 Å². The average Bonchev–Trinajstić information content (AvgIpc) is 2.48. The van der Waals surface area contributed by atoms with Crippen LogP contribution in [0.2, 0.25) is 0 Å². The summed E-state index contributed by atoms with van der Waals surface area (Å²) < 4.78 is 29.2. The monoisotopic (exact) mass is 317 g/mol. The Morgan fingerprint density at radius 3 is 2.38 bits per heavy atom. The van der Waals surface area contributed by atoms with Crippen LogP contribution in [0.4, 0.5) is 0 Å². The Balaban J connectivity index is 1.99. The minimum absolute atomic E-state index is 0.129. The summed E-state index contributed by atoms with van der Waals surface area (Å²) in [6, 6.07) is 0.129. The van der Waals surface area contributed by atoms with Crippen molar-refractivity contribution in [3.63, 3.8) is 0 Å². The summed E-state index contributed by atoms with van der Waals surface area (Å²) >= 11 is 0. The summed E-state index contributed by atoms with van der Waals surface area (Å²) in [5, 5.41) is 3.43. The Bertz CT molecular complexity index is 405. The Kier molecular flexibility index (Phi) is 6.47. The minimum atomic E-state index is -3.26. The molecule has 1 N–H and O–H groups in total. The van der Waals surface area contributed by atoms with Gasteiger partial charge >= 0.3 is 0 Å². The fourth-order valence-electron chi connectivity index (χ4n) is 3.26. The van der Waals surface area contributed by atoms with Gasteiger partial charge in [0.1, 0.15) is 0 Å². The topological polar surface area (TPSA) is 52.7 Å². The molecular formula is C15H31N3O2S. The molecule has 0 aromatic heterocycles. The summed E-state index contributed by atoms with van der Waals surface area (Å²) in [5.41, 5.74) is 0. The van der Waals surface area contributed by atoms with Gasteiger partial charge in [0, 0.05) is 32.2 Å². The molecule has 6 heteroatoms. The highest BCUT2D eigenvalue weighted by molar-refractivity contribution is 7.86. The van der Waals surface area contributed by atoms with E-state index in [1.54, 1.807) is 8.61 Å². The zero-order valence-electron chi connectivity index (χ0n) is 13.6. The van der Waals surface area contributed by atoms with Crippen molar-refractivity contribution >= 4 is 10.2 Å². The lowest BCUT2D eigenvalue weighted by molar-refractivity contribution is 0.218. The maximum atomic E-state index is 12.9. The lowest BCUT2D eigenvalue weighted by atomic mass is 10.0. The first-order valence-electron chi connectivity index (χ1n) is 8.49. The molecule has 5 nitrogen and oxygen atoms in total. The molecular weight excluding hydrogens is 286 g/mol. The zero-order chi connectivity index (χ0) is 15.3. The van der Waals surface area contributed by atoms with E-state index in [9.17, 15) is 8.42 Å². The van der Waals surface area contributed by atoms with Crippen LogP contribution in [0.25, 0.3) is 0 Å². The van der Waals surface area contributed by atoms with E-state index in [1.165, 1.54) is 0 Å². The van der Waals surface area contributed by atoms with Gasteiger partial charge in [-0.2, -0.15) is 17.0 Å². The second-order valence-corrected chi connectivity index (χ2v) is 8.66. The maximum Gasteiger partial charge on any atom is 0.282 e. The van der Waals surface area contributed by atoms with Gasteiger partial charge in [-0.1, -0.05) is 26.7 Å². The predicted molar refractivity (Wildman–Crippen MR) is 86.4 cm³/mol. The minimum Gasteiger partial charge on any atom is -0.315 e. The predicted octanol–water partition coefficient (Wildman–Crippen LogP) is 1.82. The highest BCUT2D eigenvalue weighted by Gasteiger charge is 2.36. The molecule has 21 heavy (non-hydrogen) atoms. The van der Waals surface area contributed by atoms with E-state index < -0.39 is 10.2 Å². The smallest absolute Gasteiger partial charge is 0.282 e. The molecule has 1 atom stereocenters. The van der Waals surface area contributed by atoms with E-state index in [0.717, 1.165) is 51.6 Å². The first-order chi connectivity index (χ1) is 10.0. The lowest BCUT2D eigenvalue weighted by Gasteiger charge is -2.39. The van der Waals surface area contributed by atoms with Crippen molar-refractivity contribution < 1.29 is 8.42 Å². The van der Waals surface area contributed by atoms with Crippen molar-refractivity contribution in [2.24, 2.45) is 5.92 Å². The molecule has 0 aromatic rings. The fraction of sp³-hybridized carbons (Fsp3) is 1.00. The van der Waals surface area contributed by atoms with Gasteiger partial charge in [0.2, 0.25) is 0 Å². The van der Waals surface area contributed by atoms with Crippen LogP contribution in [0.15, 0.2) is 0 Å². The van der Waals surface area contributed by atoms with E-state index in [1.807, 2.05) is 0 Å². The molecule has 0 radical (unpaired) electrons. The van der Waals surface area contributed by atoms with E-state index in [0.29, 0.717) is 25.6 Å². The molecule has 0 saturated carbocycles. The van der Waals surface area contributed by atoms with E-state index in [-0.39, 0.29) is 6.04 Å². The van der Waals surface area contributed by atoms with Crippen LogP contribution in [0.5, 0.6) is 0 Å². The molecule has 1 unspecified atom stereocenters. The largest absolute Gasteiger partial charge is 0.315 e. The highest BCUT2D eigenvalue weighted by Crippen LogP contribution is 2.24. The van der Waals surface area contributed by atoms with Crippen molar-refractivity contribution in [2.45, 2.75) is 58.4 Å². The van der Waals surface area contributed by atoms with Crippen molar-refractivity contribution in [1.29, 1.82) is 0 Å². The molecule has 2 aliphatic heterocycles. The van der Waals surface area contributed by atoms with Crippen LogP contribution in [0, 0.1) is 5.92 Å². The Morgan fingerprint density at radius 2 is 1.71 bits per heavy atom. The van der Waals surface area contributed by atoms with E-state index >= 15 is 0 Å². The third kappa shape index (κ3) is 4.65. The van der Waals surface area contributed by atoms with E-state index in [4.69, 9.17) is 0 Å². The van der Waals surface area contributed by atoms with Gasteiger partial charge in [0.05, 0.1) is 0 Å². The van der Waals surface area contributed by atoms with Crippen molar-refractivity contribution in [3.8, 4) is 0 Å². The zero-order valence-corrected chi connectivity index (χ0v) is 14.4. The molecule has 2 aliphatic rings. The van der Waals surface area contributed by atoms with Crippen molar-refractivity contribution in [3.05, 3.63) is 0 Å². The van der Waals surface area contributed by atoms with Gasteiger partial charge in [-0.3, -0.25) is 0 Å². The first-order valence-corrected chi connectivity index (χ1v) is 9.89. The lowest BCUT2D eigenvalue weighted by Crippen LogP contribution is -2.54. The molecule has 0 aliphatic carbocycles. The number of hydrogen-bond donors (Lipinski definition) is 1. The van der Waals surface area contributed by atoms with Gasteiger partial charge in [-0.05, 0) is 38.1 Å². The van der Waals surface area contributed by atoms with Crippen LogP contribution in [0.3, 0.4) is 0 Å². The molecule has 0 spiro atoms. The normalized spacial score (nSPS) is 26.3. The molecule has 0 amide bonds. The molecule has 124 valence electrons. The standard InChI is InChI=1S/C15H31N3O2S/c1-14(2)12-16-13-15-8-4-7-11-18(15)21(19,20)17-9-5-3-6-10-17/h14-16H,3-13H2,1-2H3. The molecule has 0 aromatic carbocycles. The third-order valence-electron chi connectivity index (χ3n) is 4.44. The van der Waals surface area contributed by atoms with Gasteiger partial charge in [0.25, 0.3) is 10.2 Å². The quantitative estimate of drug-likeness (QED) is 0.813. The van der Waals surface area contributed by atoms with Crippen LogP contribution < -0.4 is 5.32 Å². The number of nitrogens with one attached hydrogen (secondary N) is 1. The fourth-order valence-corrected chi connectivity index (χ4v) is 5.20. The SMILES string of the molecule is CC(C)CNCC1CCCCN1S(=O)(=O)N1CCCCC1. The molecule has 2 fully saturated rings. The second-order valence-electron chi connectivity index (χ2n) is 6.78. The van der Waals surface area contributed by atoms with Crippen LogP contribution in [0.1, 0.15) is 52.4 Å². The van der Waals surface area contributed by atoms with Crippen molar-refractivity contribution in [1.82, 2.24) is 13.9 Å². The van der Waals surface area contributed by atoms with Gasteiger partial charge < -0.3 is 5.32 Å². The molecule has 2 heterocycles. The summed E-state index contributed by atoms with van der Waals surface area (Å²) in [6.45, 7) is 8.17. The van der Waals surface area contributed by atoms with Crippen molar-refractivity contribution in [2.75, 3.05) is 32.7 Å². The Hall–Kier alpha value is -0.170. The molecule has 2 saturated heterocycles. The number of hydrogen-bond acceptors (Lipinski definition) is 3. The third-order valence-corrected chi connectivity index (χ3v) is 6.53. The first kappa shape index (κ1) is 17.2. The summed E-state index contributed by atoms with van der Waals surface area (Å²) in [7, 11) is -3.26. The summed E-state index contributed by atoms with van der Waals surface area (Å²) in [4.78, 5) is 0. The number of rotatable bonds is 6. The maximum absolute atomic E-state index is 12.9.